The lowest BCUT2D eigenvalue weighted by Crippen LogP contribution is -2.07. The molecule has 0 radical (unpaired) electrons. The van der Waals surface area contributed by atoms with Gasteiger partial charge in [0.25, 0.3) is 5.69 Å². The Hall–Kier alpha value is -1.03. The topological polar surface area (TPSA) is 43.1 Å². The van der Waals surface area contributed by atoms with E-state index in [9.17, 15) is 10.1 Å². The molecule has 0 aliphatic heterocycles. The van der Waals surface area contributed by atoms with Crippen LogP contribution in [0.3, 0.4) is 0 Å². The minimum Gasteiger partial charge on any atom is -0.258 e. The van der Waals surface area contributed by atoms with Gasteiger partial charge in [0.05, 0.1) is 4.92 Å². The lowest BCUT2D eigenvalue weighted by Gasteiger charge is -2.20. The Morgan fingerprint density at radius 1 is 1.12 bits per heavy atom. The molecule has 16 heavy (non-hydrogen) atoms. The van der Waals surface area contributed by atoms with Crippen LogP contribution in [0.25, 0.3) is 0 Å². The molecule has 1 aliphatic carbocycles. The van der Waals surface area contributed by atoms with Crippen molar-refractivity contribution in [3.63, 3.8) is 0 Å². The predicted octanol–water partition coefficient (Wildman–Crippen LogP) is 4.02. The second-order valence-corrected chi connectivity index (χ2v) is 5.50. The molecule has 0 N–H and O–H groups in total. The summed E-state index contributed by atoms with van der Waals surface area (Å²) in [4.78, 5) is 11.3. The lowest BCUT2D eigenvalue weighted by atomic mass is 10.0. The Morgan fingerprint density at radius 2 is 1.75 bits per heavy atom. The number of non-ortho nitro benzene ring substituents is 1. The van der Waals surface area contributed by atoms with Crippen LogP contribution in [0.15, 0.2) is 29.2 Å². The Kier molecular flexibility index (Phi) is 3.83. The van der Waals surface area contributed by atoms with Crippen molar-refractivity contribution in [2.75, 3.05) is 0 Å². The third kappa shape index (κ3) is 2.98. The smallest absolute Gasteiger partial charge is 0.258 e. The highest BCUT2D eigenvalue weighted by Gasteiger charge is 2.14. The van der Waals surface area contributed by atoms with Crippen molar-refractivity contribution >= 4 is 17.4 Å². The van der Waals surface area contributed by atoms with Gasteiger partial charge in [0.15, 0.2) is 0 Å². The molecule has 1 aromatic carbocycles. The molecule has 86 valence electrons. The van der Waals surface area contributed by atoms with Crippen molar-refractivity contribution in [1.29, 1.82) is 0 Å². The summed E-state index contributed by atoms with van der Waals surface area (Å²) in [5.41, 5.74) is 0.174. The maximum atomic E-state index is 10.5. The minimum absolute atomic E-state index is 0.174. The molecule has 0 aromatic heterocycles. The van der Waals surface area contributed by atoms with Crippen LogP contribution in [-0.4, -0.2) is 10.2 Å². The second kappa shape index (κ2) is 5.34. The Balaban J connectivity index is 1.96. The maximum absolute atomic E-state index is 10.5. The van der Waals surface area contributed by atoms with Gasteiger partial charge in [-0.3, -0.25) is 10.1 Å². The number of nitrogens with zero attached hydrogens (tertiary/aromatic N) is 1. The first-order chi connectivity index (χ1) is 7.75. The summed E-state index contributed by atoms with van der Waals surface area (Å²) in [6.45, 7) is 0. The molecule has 1 saturated carbocycles. The van der Waals surface area contributed by atoms with Crippen molar-refractivity contribution < 1.29 is 4.92 Å². The van der Waals surface area contributed by atoms with Crippen molar-refractivity contribution in [1.82, 2.24) is 0 Å². The summed E-state index contributed by atoms with van der Waals surface area (Å²) in [5.74, 6) is 0. The second-order valence-electron chi connectivity index (χ2n) is 4.13. The van der Waals surface area contributed by atoms with E-state index >= 15 is 0 Å². The van der Waals surface area contributed by atoms with Crippen LogP contribution in [0.1, 0.15) is 32.1 Å². The number of nitro groups is 1. The molecule has 3 nitrogen and oxygen atoms in total. The van der Waals surface area contributed by atoms with Gasteiger partial charge in [-0.1, -0.05) is 19.3 Å². The molecule has 0 heterocycles. The Labute approximate surface area is 99.4 Å². The average Bonchev–Trinajstić information content (AvgIpc) is 2.31. The van der Waals surface area contributed by atoms with Crippen LogP contribution < -0.4 is 0 Å². The highest BCUT2D eigenvalue weighted by molar-refractivity contribution is 8.00. The fourth-order valence-electron chi connectivity index (χ4n) is 2.02. The van der Waals surface area contributed by atoms with Gasteiger partial charge in [0.1, 0.15) is 0 Å². The monoisotopic (exact) mass is 237 g/mol. The van der Waals surface area contributed by atoms with Gasteiger partial charge < -0.3 is 0 Å². The molecule has 0 unspecified atom stereocenters. The van der Waals surface area contributed by atoms with Crippen molar-refractivity contribution in [3.8, 4) is 0 Å². The Morgan fingerprint density at radius 3 is 2.31 bits per heavy atom. The standard InChI is InChI=1S/C12H15NO2S/c14-13(15)10-6-8-12(9-7-10)16-11-4-2-1-3-5-11/h6-9,11H,1-5H2. The van der Waals surface area contributed by atoms with Crippen LogP contribution >= 0.6 is 11.8 Å². The summed E-state index contributed by atoms with van der Waals surface area (Å²) >= 11 is 1.86. The van der Waals surface area contributed by atoms with Crippen LogP contribution in [0.2, 0.25) is 0 Å². The van der Waals surface area contributed by atoms with E-state index in [1.54, 1.807) is 12.1 Å². The first-order valence-electron chi connectivity index (χ1n) is 5.67. The number of hydrogen-bond acceptors (Lipinski definition) is 3. The fraction of sp³-hybridized carbons (Fsp3) is 0.500. The van der Waals surface area contributed by atoms with Gasteiger partial charge in [0.2, 0.25) is 0 Å². The van der Waals surface area contributed by atoms with Crippen LogP contribution in [0.4, 0.5) is 5.69 Å². The molecule has 1 aromatic rings. The van der Waals surface area contributed by atoms with Crippen molar-refractivity contribution in [2.24, 2.45) is 0 Å². The zero-order valence-corrected chi connectivity index (χ0v) is 9.91. The number of thioether (sulfide) groups is 1. The van der Waals surface area contributed by atoms with E-state index in [4.69, 9.17) is 0 Å². The summed E-state index contributed by atoms with van der Waals surface area (Å²) in [6, 6.07) is 6.89. The molecule has 0 spiro atoms. The molecule has 1 fully saturated rings. The van der Waals surface area contributed by atoms with E-state index in [1.807, 2.05) is 23.9 Å². The highest BCUT2D eigenvalue weighted by Crippen LogP contribution is 2.33. The SMILES string of the molecule is O=[N+]([O-])c1ccc(SC2CCCCC2)cc1. The number of hydrogen-bond donors (Lipinski definition) is 0. The number of rotatable bonds is 3. The molecule has 2 rings (SSSR count). The van der Waals surface area contributed by atoms with Crippen LogP contribution in [0, 0.1) is 10.1 Å². The van der Waals surface area contributed by atoms with Gasteiger partial charge in [-0.15, -0.1) is 11.8 Å². The molecular formula is C12H15NO2S. The minimum atomic E-state index is -0.352. The van der Waals surface area contributed by atoms with Crippen LogP contribution in [-0.2, 0) is 0 Å². The molecule has 4 heteroatoms. The average molecular weight is 237 g/mol. The zero-order valence-electron chi connectivity index (χ0n) is 9.09. The molecule has 0 saturated heterocycles. The van der Waals surface area contributed by atoms with E-state index < -0.39 is 0 Å². The maximum Gasteiger partial charge on any atom is 0.269 e. The predicted molar refractivity (Wildman–Crippen MR) is 65.8 cm³/mol. The lowest BCUT2D eigenvalue weighted by molar-refractivity contribution is -0.384. The fourth-order valence-corrected chi connectivity index (χ4v) is 3.27. The summed E-state index contributed by atoms with van der Waals surface area (Å²) in [7, 11) is 0. The molecular weight excluding hydrogens is 222 g/mol. The van der Waals surface area contributed by atoms with Gasteiger partial charge >= 0.3 is 0 Å². The quantitative estimate of drug-likeness (QED) is 0.589. The Bertz CT molecular complexity index is 358. The first-order valence-corrected chi connectivity index (χ1v) is 6.55. The van der Waals surface area contributed by atoms with E-state index in [0.717, 1.165) is 4.90 Å². The first kappa shape index (κ1) is 11.5. The van der Waals surface area contributed by atoms with Gasteiger partial charge in [0, 0.05) is 22.3 Å². The third-order valence-corrected chi connectivity index (χ3v) is 4.25. The van der Waals surface area contributed by atoms with E-state index in [1.165, 1.54) is 32.1 Å². The summed E-state index contributed by atoms with van der Waals surface area (Å²) in [6.07, 6.45) is 6.57. The largest absolute Gasteiger partial charge is 0.269 e. The van der Waals surface area contributed by atoms with E-state index in [2.05, 4.69) is 0 Å². The van der Waals surface area contributed by atoms with E-state index in [0.29, 0.717) is 5.25 Å². The third-order valence-electron chi connectivity index (χ3n) is 2.90. The highest BCUT2D eigenvalue weighted by atomic mass is 32.2. The summed E-state index contributed by atoms with van der Waals surface area (Å²) in [5, 5.41) is 11.2. The summed E-state index contributed by atoms with van der Waals surface area (Å²) < 4.78 is 0. The van der Waals surface area contributed by atoms with E-state index in [-0.39, 0.29) is 10.6 Å². The van der Waals surface area contributed by atoms with Crippen molar-refractivity contribution in [3.05, 3.63) is 34.4 Å². The van der Waals surface area contributed by atoms with Gasteiger partial charge in [-0.05, 0) is 25.0 Å². The number of benzene rings is 1. The number of nitro benzene ring substituents is 1. The zero-order chi connectivity index (χ0) is 11.4. The van der Waals surface area contributed by atoms with Crippen LogP contribution in [0.5, 0.6) is 0 Å². The van der Waals surface area contributed by atoms with Crippen molar-refractivity contribution in [2.45, 2.75) is 42.2 Å². The molecule has 0 atom stereocenters. The normalized spacial score (nSPS) is 17.2. The molecule has 0 bridgehead atoms. The van der Waals surface area contributed by atoms with Gasteiger partial charge in [-0.25, -0.2) is 0 Å². The molecule has 0 amide bonds. The van der Waals surface area contributed by atoms with Gasteiger partial charge in [-0.2, -0.15) is 0 Å². The molecule has 1 aliphatic rings.